The van der Waals surface area contributed by atoms with Crippen molar-refractivity contribution in [3.8, 4) is 11.3 Å². The maximum atomic E-state index is 5.87. The zero-order valence-corrected chi connectivity index (χ0v) is 11.0. The second kappa shape index (κ2) is 4.80. The topological polar surface area (TPSA) is 29.9 Å². The summed E-state index contributed by atoms with van der Waals surface area (Å²) in [6.45, 7) is 4.21. The van der Waals surface area contributed by atoms with Crippen molar-refractivity contribution in [2.24, 2.45) is 7.05 Å². The van der Waals surface area contributed by atoms with Gasteiger partial charge >= 0.3 is 0 Å². The van der Waals surface area contributed by atoms with Crippen molar-refractivity contribution in [2.45, 2.75) is 19.9 Å². The van der Waals surface area contributed by atoms with E-state index in [2.05, 4.69) is 24.3 Å². The van der Waals surface area contributed by atoms with Crippen molar-refractivity contribution < 1.29 is 0 Å². The van der Waals surface area contributed by atoms with E-state index in [1.807, 2.05) is 42.1 Å². The smallest absolute Gasteiger partial charge is 0.124 e. The Hall–Kier alpha value is -1.48. The Morgan fingerprint density at radius 2 is 1.88 bits per heavy atom. The van der Waals surface area contributed by atoms with Crippen LogP contribution in [-0.4, -0.2) is 15.8 Å². The lowest BCUT2D eigenvalue weighted by Gasteiger charge is -2.08. The zero-order valence-electron chi connectivity index (χ0n) is 10.2. The monoisotopic (exact) mass is 249 g/mol. The maximum Gasteiger partial charge on any atom is 0.124 e. The predicted molar refractivity (Wildman–Crippen MR) is 72.4 cm³/mol. The van der Waals surface area contributed by atoms with Crippen molar-refractivity contribution in [3.05, 3.63) is 35.4 Å². The molecule has 1 aromatic carbocycles. The standard InChI is InChI=1S/C13H16ClN3/c1-9(2)15-13-8-12(16-17(13)3)10-4-6-11(14)7-5-10/h4-9,15H,1-3H3. The average Bonchev–Trinajstić information content (AvgIpc) is 2.60. The molecule has 0 saturated heterocycles. The highest BCUT2D eigenvalue weighted by atomic mass is 35.5. The predicted octanol–water partition coefficient (Wildman–Crippen LogP) is 3.56. The molecule has 0 amide bonds. The Balaban J connectivity index is 2.31. The molecule has 0 fully saturated rings. The number of benzene rings is 1. The van der Waals surface area contributed by atoms with E-state index in [-0.39, 0.29) is 0 Å². The first-order valence-electron chi connectivity index (χ1n) is 5.63. The molecule has 0 saturated carbocycles. The third-order valence-electron chi connectivity index (χ3n) is 2.46. The van der Waals surface area contributed by atoms with Crippen molar-refractivity contribution in [3.63, 3.8) is 0 Å². The molecular formula is C13H16ClN3. The number of rotatable bonds is 3. The highest BCUT2D eigenvalue weighted by Gasteiger charge is 2.07. The van der Waals surface area contributed by atoms with Crippen LogP contribution in [0.15, 0.2) is 30.3 Å². The van der Waals surface area contributed by atoms with E-state index in [0.717, 1.165) is 22.1 Å². The fourth-order valence-corrected chi connectivity index (χ4v) is 1.79. The normalized spacial score (nSPS) is 10.9. The summed E-state index contributed by atoms with van der Waals surface area (Å²) in [6, 6.07) is 10.1. The maximum absolute atomic E-state index is 5.87. The minimum atomic E-state index is 0.392. The first kappa shape index (κ1) is 12.0. The number of halogens is 1. The molecule has 0 spiro atoms. The molecular weight excluding hydrogens is 234 g/mol. The van der Waals surface area contributed by atoms with Gasteiger partial charge in [-0.2, -0.15) is 5.10 Å². The van der Waals surface area contributed by atoms with Crippen LogP contribution in [-0.2, 0) is 7.05 Å². The molecule has 2 rings (SSSR count). The van der Waals surface area contributed by atoms with Gasteiger partial charge in [0.25, 0.3) is 0 Å². The van der Waals surface area contributed by atoms with Gasteiger partial charge in [0, 0.05) is 29.7 Å². The lowest BCUT2D eigenvalue weighted by Crippen LogP contribution is -2.12. The molecule has 0 atom stereocenters. The minimum Gasteiger partial charge on any atom is -0.368 e. The summed E-state index contributed by atoms with van der Waals surface area (Å²) < 4.78 is 1.85. The molecule has 1 N–H and O–H groups in total. The molecule has 3 nitrogen and oxygen atoms in total. The third-order valence-corrected chi connectivity index (χ3v) is 2.71. The van der Waals surface area contributed by atoms with E-state index in [1.54, 1.807) is 0 Å². The van der Waals surface area contributed by atoms with E-state index in [0.29, 0.717) is 6.04 Å². The number of anilines is 1. The van der Waals surface area contributed by atoms with E-state index in [9.17, 15) is 0 Å². The highest BCUT2D eigenvalue weighted by molar-refractivity contribution is 6.30. The van der Waals surface area contributed by atoms with Crippen molar-refractivity contribution >= 4 is 17.4 Å². The summed E-state index contributed by atoms with van der Waals surface area (Å²) >= 11 is 5.87. The van der Waals surface area contributed by atoms with Gasteiger partial charge in [0.15, 0.2) is 0 Å². The molecule has 0 bridgehead atoms. The zero-order chi connectivity index (χ0) is 12.4. The molecule has 1 aromatic heterocycles. The molecule has 1 heterocycles. The number of hydrogen-bond donors (Lipinski definition) is 1. The quantitative estimate of drug-likeness (QED) is 0.902. The van der Waals surface area contributed by atoms with Crippen LogP contribution in [0.1, 0.15) is 13.8 Å². The molecule has 0 aliphatic carbocycles. The van der Waals surface area contributed by atoms with Crippen LogP contribution in [0.25, 0.3) is 11.3 Å². The molecule has 0 radical (unpaired) electrons. The van der Waals surface area contributed by atoms with Gasteiger partial charge in [0.2, 0.25) is 0 Å². The number of aryl methyl sites for hydroxylation is 1. The summed E-state index contributed by atoms with van der Waals surface area (Å²) in [4.78, 5) is 0. The number of aromatic nitrogens is 2. The van der Waals surface area contributed by atoms with Gasteiger partial charge < -0.3 is 5.32 Å². The summed E-state index contributed by atoms with van der Waals surface area (Å²) in [5.74, 6) is 1.02. The lowest BCUT2D eigenvalue weighted by atomic mass is 10.1. The van der Waals surface area contributed by atoms with Crippen LogP contribution >= 0.6 is 11.6 Å². The fourth-order valence-electron chi connectivity index (χ4n) is 1.66. The number of nitrogens with zero attached hydrogens (tertiary/aromatic N) is 2. The second-order valence-electron chi connectivity index (χ2n) is 4.34. The highest BCUT2D eigenvalue weighted by Crippen LogP contribution is 2.23. The van der Waals surface area contributed by atoms with Gasteiger partial charge in [-0.3, -0.25) is 4.68 Å². The van der Waals surface area contributed by atoms with Crippen LogP contribution in [0, 0.1) is 0 Å². The SMILES string of the molecule is CC(C)Nc1cc(-c2ccc(Cl)cc2)nn1C. The molecule has 17 heavy (non-hydrogen) atoms. The molecule has 90 valence electrons. The van der Waals surface area contributed by atoms with Gasteiger partial charge in [-0.25, -0.2) is 0 Å². The van der Waals surface area contributed by atoms with E-state index >= 15 is 0 Å². The molecule has 0 unspecified atom stereocenters. The lowest BCUT2D eigenvalue weighted by molar-refractivity contribution is 0.756. The molecule has 0 aliphatic rings. The average molecular weight is 250 g/mol. The van der Waals surface area contributed by atoms with Crippen LogP contribution in [0.5, 0.6) is 0 Å². The Bertz CT molecular complexity index is 500. The molecule has 4 heteroatoms. The van der Waals surface area contributed by atoms with Crippen LogP contribution in [0.4, 0.5) is 5.82 Å². The first-order chi connectivity index (χ1) is 8.06. The van der Waals surface area contributed by atoms with Crippen LogP contribution in [0.3, 0.4) is 0 Å². The Morgan fingerprint density at radius 1 is 1.24 bits per heavy atom. The van der Waals surface area contributed by atoms with Gasteiger partial charge in [-0.05, 0) is 26.0 Å². The Kier molecular flexibility index (Phi) is 3.38. The summed E-state index contributed by atoms with van der Waals surface area (Å²) in [5, 5.41) is 8.56. The van der Waals surface area contributed by atoms with E-state index < -0.39 is 0 Å². The van der Waals surface area contributed by atoms with Crippen molar-refractivity contribution in [2.75, 3.05) is 5.32 Å². The van der Waals surface area contributed by atoms with Crippen LogP contribution < -0.4 is 5.32 Å². The minimum absolute atomic E-state index is 0.392. The van der Waals surface area contributed by atoms with Crippen molar-refractivity contribution in [1.82, 2.24) is 9.78 Å². The Morgan fingerprint density at radius 3 is 2.47 bits per heavy atom. The van der Waals surface area contributed by atoms with Gasteiger partial charge in [-0.1, -0.05) is 23.7 Å². The van der Waals surface area contributed by atoms with Gasteiger partial charge in [0.05, 0.1) is 5.69 Å². The van der Waals surface area contributed by atoms with E-state index in [1.165, 1.54) is 0 Å². The van der Waals surface area contributed by atoms with Crippen molar-refractivity contribution in [1.29, 1.82) is 0 Å². The van der Waals surface area contributed by atoms with Gasteiger partial charge in [-0.15, -0.1) is 0 Å². The Labute approximate surface area is 106 Å². The third kappa shape index (κ3) is 2.80. The van der Waals surface area contributed by atoms with Gasteiger partial charge in [0.1, 0.15) is 5.82 Å². The summed E-state index contributed by atoms with van der Waals surface area (Å²) in [7, 11) is 1.93. The molecule has 2 aromatic rings. The second-order valence-corrected chi connectivity index (χ2v) is 4.78. The first-order valence-corrected chi connectivity index (χ1v) is 6.00. The van der Waals surface area contributed by atoms with Crippen LogP contribution in [0.2, 0.25) is 5.02 Å². The van der Waals surface area contributed by atoms with E-state index in [4.69, 9.17) is 11.6 Å². The fraction of sp³-hybridized carbons (Fsp3) is 0.308. The number of nitrogens with one attached hydrogen (secondary N) is 1. The molecule has 0 aliphatic heterocycles. The largest absolute Gasteiger partial charge is 0.368 e. The number of hydrogen-bond acceptors (Lipinski definition) is 2. The summed E-state index contributed by atoms with van der Waals surface area (Å²) in [6.07, 6.45) is 0. The summed E-state index contributed by atoms with van der Waals surface area (Å²) in [5.41, 5.74) is 2.02.